The third kappa shape index (κ3) is 2.98. The molecule has 1 aromatic rings. The molecular weight excluding hydrogens is 261 g/mol. The molecule has 0 saturated heterocycles. The van der Waals surface area contributed by atoms with Crippen molar-refractivity contribution < 1.29 is 22.3 Å². The minimum absolute atomic E-state index is 0.162. The second-order valence-corrected chi connectivity index (χ2v) is 6.05. The van der Waals surface area contributed by atoms with E-state index in [9.17, 15) is 17.6 Å². The number of hydrogen-bond donors (Lipinski definition) is 1. The second kappa shape index (κ2) is 4.93. The maximum atomic E-state index is 14.0. The van der Waals surface area contributed by atoms with Crippen molar-refractivity contribution >= 4 is 21.5 Å². The maximum Gasteiger partial charge on any atom is 0.343 e. The molecule has 0 amide bonds. The van der Waals surface area contributed by atoms with Crippen LogP contribution in [-0.4, -0.2) is 26.7 Å². The number of ether oxygens (including phenoxy) is 1. The van der Waals surface area contributed by atoms with Gasteiger partial charge in [0.15, 0.2) is 15.7 Å². The molecule has 0 heterocycles. The van der Waals surface area contributed by atoms with Crippen LogP contribution in [0.1, 0.15) is 24.2 Å². The molecule has 2 N–H and O–H groups in total. The third-order valence-electron chi connectivity index (χ3n) is 2.09. The number of nitrogen functional groups attached to an aromatic ring is 1. The molecule has 0 aromatic heterocycles. The van der Waals surface area contributed by atoms with E-state index in [1.807, 2.05) is 0 Å². The molecule has 0 spiro atoms. The summed E-state index contributed by atoms with van der Waals surface area (Å²) in [7, 11) is -3.77. The van der Waals surface area contributed by atoms with Crippen LogP contribution in [0.15, 0.2) is 17.0 Å². The van der Waals surface area contributed by atoms with Gasteiger partial charge in [-0.1, -0.05) is 0 Å². The van der Waals surface area contributed by atoms with Crippen LogP contribution in [0.5, 0.6) is 0 Å². The number of nitrogens with two attached hydrogens (primary N) is 1. The first kappa shape index (κ1) is 14.4. The van der Waals surface area contributed by atoms with Gasteiger partial charge in [0.05, 0.1) is 6.10 Å². The number of rotatable bonds is 3. The zero-order valence-electron chi connectivity index (χ0n) is 10.2. The number of benzene rings is 1. The predicted octanol–water partition coefficient (Wildman–Crippen LogP) is 1.38. The molecule has 18 heavy (non-hydrogen) atoms. The molecule has 0 atom stereocenters. The molecule has 0 unspecified atom stereocenters. The minimum Gasteiger partial charge on any atom is -0.459 e. The fourth-order valence-corrected chi connectivity index (χ4v) is 2.08. The summed E-state index contributed by atoms with van der Waals surface area (Å²) in [5.41, 5.74) is 4.76. The van der Waals surface area contributed by atoms with E-state index in [-0.39, 0.29) is 5.69 Å². The number of hydrogen-bond acceptors (Lipinski definition) is 5. The Labute approximate surface area is 105 Å². The first-order valence-corrected chi connectivity index (χ1v) is 7.02. The van der Waals surface area contributed by atoms with Crippen molar-refractivity contribution in [2.24, 2.45) is 0 Å². The van der Waals surface area contributed by atoms with E-state index in [0.29, 0.717) is 0 Å². The quantitative estimate of drug-likeness (QED) is 0.665. The molecule has 1 rings (SSSR count). The second-order valence-electron chi connectivity index (χ2n) is 4.07. The van der Waals surface area contributed by atoms with Crippen LogP contribution in [0.2, 0.25) is 0 Å². The summed E-state index contributed by atoms with van der Waals surface area (Å²) in [6.07, 6.45) is 0.386. The Morgan fingerprint density at radius 2 is 1.94 bits per heavy atom. The number of carbonyl (C=O) groups excluding carboxylic acids is 1. The molecule has 0 fully saturated rings. The first-order valence-electron chi connectivity index (χ1n) is 5.13. The highest BCUT2D eigenvalue weighted by Gasteiger charge is 2.24. The van der Waals surface area contributed by atoms with Gasteiger partial charge in [0, 0.05) is 11.9 Å². The van der Waals surface area contributed by atoms with Crippen molar-refractivity contribution in [2.75, 3.05) is 12.0 Å². The van der Waals surface area contributed by atoms with Crippen molar-refractivity contribution in [3.05, 3.63) is 23.5 Å². The molecule has 0 aliphatic rings. The summed E-state index contributed by atoms with van der Waals surface area (Å²) in [5, 5.41) is 0. The van der Waals surface area contributed by atoms with E-state index in [4.69, 9.17) is 10.5 Å². The number of esters is 1. The fourth-order valence-electron chi connectivity index (χ4n) is 1.34. The lowest BCUT2D eigenvalue weighted by Gasteiger charge is -2.12. The Morgan fingerprint density at radius 1 is 1.39 bits per heavy atom. The van der Waals surface area contributed by atoms with Gasteiger partial charge >= 0.3 is 5.97 Å². The lowest BCUT2D eigenvalue weighted by Crippen LogP contribution is -2.17. The molecule has 0 saturated carbocycles. The monoisotopic (exact) mass is 275 g/mol. The minimum atomic E-state index is -3.77. The Morgan fingerprint density at radius 3 is 2.39 bits per heavy atom. The molecule has 0 bridgehead atoms. The van der Waals surface area contributed by atoms with Crippen LogP contribution >= 0.6 is 0 Å². The molecule has 0 aliphatic heterocycles. The van der Waals surface area contributed by atoms with Crippen LogP contribution in [-0.2, 0) is 14.6 Å². The van der Waals surface area contributed by atoms with Crippen molar-refractivity contribution in [1.82, 2.24) is 0 Å². The Bertz CT molecular complexity index is 581. The topological polar surface area (TPSA) is 86.5 Å². The van der Waals surface area contributed by atoms with Gasteiger partial charge in [-0.2, -0.15) is 0 Å². The normalized spacial score (nSPS) is 11.6. The highest BCUT2D eigenvalue weighted by atomic mass is 32.2. The summed E-state index contributed by atoms with van der Waals surface area (Å²) < 4.78 is 41.4. The van der Waals surface area contributed by atoms with Crippen LogP contribution in [0.4, 0.5) is 10.1 Å². The Kier molecular flexibility index (Phi) is 3.95. The van der Waals surface area contributed by atoms with Gasteiger partial charge in [0.25, 0.3) is 0 Å². The van der Waals surface area contributed by atoms with Gasteiger partial charge in [-0.3, -0.25) is 0 Å². The largest absolute Gasteiger partial charge is 0.459 e. The predicted molar refractivity (Wildman–Crippen MR) is 64.5 cm³/mol. The zero-order chi connectivity index (χ0) is 14.1. The summed E-state index contributed by atoms with van der Waals surface area (Å²) in [5.74, 6) is -2.16. The van der Waals surface area contributed by atoms with E-state index in [0.717, 1.165) is 18.4 Å². The summed E-state index contributed by atoms with van der Waals surface area (Å²) >= 11 is 0. The standard InChI is InChI=1S/C11H14FNO4S/c1-6(2)17-11(14)9-7(13)4-5-8(10(9)12)18(3,15)16/h4-6H,13H2,1-3H3. The van der Waals surface area contributed by atoms with Crippen LogP contribution in [0.3, 0.4) is 0 Å². The van der Waals surface area contributed by atoms with E-state index < -0.39 is 38.2 Å². The number of halogens is 1. The lowest BCUT2D eigenvalue weighted by atomic mass is 10.1. The third-order valence-corrected chi connectivity index (χ3v) is 3.20. The van der Waals surface area contributed by atoms with Gasteiger partial charge in [-0.15, -0.1) is 0 Å². The van der Waals surface area contributed by atoms with E-state index >= 15 is 0 Å². The van der Waals surface area contributed by atoms with Gasteiger partial charge < -0.3 is 10.5 Å². The highest BCUT2D eigenvalue weighted by Crippen LogP contribution is 2.24. The molecule has 100 valence electrons. The zero-order valence-corrected chi connectivity index (χ0v) is 11.0. The first-order chi connectivity index (χ1) is 8.14. The maximum absolute atomic E-state index is 14.0. The smallest absolute Gasteiger partial charge is 0.343 e. The van der Waals surface area contributed by atoms with E-state index in [1.54, 1.807) is 13.8 Å². The summed E-state index contributed by atoms with van der Waals surface area (Å²) in [6, 6.07) is 2.18. The Balaban J connectivity index is 3.41. The van der Waals surface area contributed by atoms with Gasteiger partial charge in [0.2, 0.25) is 0 Å². The van der Waals surface area contributed by atoms with Crippen LogP contribution in [0.25, 0.3) is 0 Å². The fraction of sp³-hybridized carbons (Fsp3) is 0.364. The lowest BCUT2D eigenvalue weighted by molar-refractivity contribution is 0.0373. The SMILES string of the molecule is CC(C)OC(=O)c1c(N)ccc(S(C)(=O)=O)c1F. The molecule has 1 aromatic carbocycles. The van der Waals surface area contributed by atoms with Crippen LogP contribution in [0, 0.1) is 5.82 Å². The number of anilines is 1. The van der Waals surface area contributed by atoms with Crippen molar-refractivity contribution in [1.29, 1.82) is 0 Å². The molecule has 5 nitrogen and oxygen atoms in total. The van der Waals surface area contributed by atoms with Crippen molar-refractivity contribution in [3.63, 3.8) is 0 Å². The van der Waals surface area contributed by atoms with Crippen LogP contribution < -0.4 is 5.73 Å². The molecule has 0 aliphatic carbocycles. The van der Waals surface area contributed by atoms with Gasteiger partial charge in [-0.25, -0.2) is 17.6 Å². The average molecular weight is 275 g/mol. The van der Waals surface area contributed by atoms with Crippen molar-refractivity contribution in [2.45, 2.75) is 24.8 Å². The summed E-state index contributed by atoms with van der Waals surface area (Å²) in [6.45, 7) is 3.18. The number of sulfone groups is 1. The van der Waals surface area contributed by atoms with Crippen molar-refractivity contribution in [3.8, 4) is 0 Å². The van der Waals surface area contributed by atoms with Gasteiger partial charge in [0.1, 0.15) is 10.5 Å². The van der Waals surface area contributed by atoms with E-state index in [2.05, 4.69) is 0 Å². The highest BCUT2D eigenvalue weighted by molar-refractivity contribution is 7.90. The van der Waals surface area contributed by atoms with Gasteiger partial charge in [-0.05, 0) is 26.0 Å². The molecular formula is C11H14FNO4S. The average Bonchev–Trinajstić information content (AvgIpc) is 2.13. The Hall–Kier alpha value is -1.63. The summed E-state index contributed by atoms with van der Waals surface area (Å²) in [4.78, 5) is 11.1. The van der Waals surface area contributed by atoms with E-state index in [1.165, 1.54) is 0 Å². The number of carbonyl (C=O) groups is 1. The molecule has 7 heteroatoms. The molecule has 0 radical (unpaired) electrons.